The van der Waals surface area contributed by atoms with Crippen molar-refractivity contribution in [2.75, 3.05) is 5.75 Å². The molecule has 0 aliphatic rings. The number of carbonyl (C=O) groups excluding carboxylic acids is 1. The molecule has 0 saturated heterocycles. The van der Waals surface area contributed by atoms with Gasteiger partial charge in [0.05, 0.1) is 5.56 Å². The van der Waals surface area contributed by atoms with Gasteiger partial charge in [0, 0.05) is 40.7 Å². The molecule has 13 heteroatoms. The predicted molar refractivity (Wildman–Crippen MR) is 162 cm³/mol. The Bertz CT molecular complexity index is 1160. The van der Waals surface area contributed by atoms with E-state index in [4.69, 9.17) is 32.7 Å². The molecule has 0 aliphatic carbocycles. The molecule has 2 rings (SSSR count). The summed E-state index contributed by atoms with van der Waals surface area (Å²) in [5, 5.41) is 9.94. The van der Waals surface area contributed by atoms with Gasteiger partial charge in [0.1, 0.15) is 11.5 Å². The predicted octanol–water partition coefficient (Wildman–Crippen LogP) is 9.58. The number of benzene rings is 1. The monoisotopic (exact) mass is 652 g/mol. The largest absolute Gasteiger partial charge is 0.478 e. The maximum absolute atomic E-state index is 12.5. The molecule has 1 aromatic carbocycles. The fraction of sp³-hybridized carbons (Fsp3) is 0.483. The minimum Gasteiger partial charge on any atom is -0.478 e. The minimum atomic E-state index is -4.46. The van der Waals surface area contributed by atoms with Crippen molar-refractivity contribution in [3.05, 3.63) is 58.7 Å². The highest BCUT2D eigenvalue weighted by Gasteiger charge is 2.35. The number of ether oxygens (including phenoxy) is 2. The topological polar surface area (TPSA) is 89.0 Å². The van der Waals surface area contributed by atoms with E-state index in [1.165, 1.54) is 48.5 Å². The standard InChI is InChI=1S/C19H20F3NO4.C10H17Cl2NOS/c1-3-4-11-18(2,17(24)25)27-15-8-6-14(7-9-15)26-16-10-5-13(12-23-16)19(20,21)22;1-7(2)13(8(3)4)10(14)15-6-9(12)5-11/h5-10,12H,3-4,11H2,1-2H3,(H,24,25);5,7-8H,6H2,1-4H3/b;9-5-. The number of carboxylic acids is 1. The van der Waals surface area contributed by atoms with Gasteiger partial charge in [0.25, 0.3) is 5.24 Å². The van der Waals surface area contributed by atoms with Crippen LogP contribution in [-0.2, 0) is 11.0 Å². The van der Waals surface area contributed by atoms with E-state index in [1.807, 2.05) is 39.5 Å². The van der Waals surface area contributed by atoms with Gasteiger partial charge in [-0.1, -0.05) is 48.3 Å². The second-order valence-corrected chi connectivity index (χ2v) is 11.5. The summed E-state index contributed by atoms with van der Waals surface area (Å²) in [6, 6.07) is 8.52. The third-order valence-corrected chi connectivity index (χ3v) is 7.38. The first-order valence-electron chi connectivity index (χ1n) is 13.2. The highest BCUT2D eigenvalue weighted by Crippen LogP contribution is 2.31. The van der Waals surface area contributed by atoms with Gasteiger partial charge < -0.3 is 19.5 Å². The summed E-state index contributed by atoms with van der Waals surface area (Å²) in [5.41, 5.74) is -0.914. The quantitative estimate of drug-likeness (QED) is 0.244. The molecule has 1 N–H and O–H groups in total. The van der Waals surface area contributed by atoms with Crippen molar-refractivity contribution in [3.63, 3.8) is 0 Å². The summed E-state index contributed by atoms with van der Waals surface area (Å²) in [5.74, 6) is 0.0731. The van der Waals surface area contributed by atoms with Gasteiger partial charge in [-0.05, 0) is 77.8 Å². The van der Waals surface area contributed by atoms with Crippen LogP contribution in [0.2, 0.25) is 0 Å². The average molecular weight is 654 g/mol. The van der Waals surface area contributed by atoms with E-state index in [-0.39, 0.29) is 23.2 Å². The molecule has 0 saturated carbocycles. The highest BCUT2D eigenvalue weighted by atomic mass is 35.5. The molecular formula is C29H37Cl2F3N2O5S. The van der Waals surface area contributed by atoms with Gasteiger partial charge in [-0.15, -0.1) is 0 Å². The van der Waals surface area contributed by atoms with Crippen molar-refractivity contribution in [1.82, 2.24) is 9.88 Å². The summed E-state index contributed by atoms with van der Waals surface area (Å²) >= 11 is 12.3. The summed E-state index contributed by atoms with van der Waals surface area (Å²) in [6.45, 7) is 11.5. The number of halogens is 5. The number of alkyl halides is 3. The van der Waals surface area contributed by atoms with Crippen LogP contribution in [0.25, 0.3) is 0 Å². The average Bonchev–Trinajstić information content (AvgIpc) is 2.91. The molecular weight excluding hydrogens is 616 g/mol. The maximum atomic E-state index is 12.5. The molecule has 42 heavy (non-hydrogen) atoms. The molecule has 2 aromatic rings. The van der Waals surface area contributed by atoms with E-state index in [0.717, 1.165) is 18.6 Å². The van der Waals surface area contributed by atoms with Crippen LogP contribution in [0, 0.1) is 0 Å². The molecule has 234 valence electrons. The molecule has 0 radical (unpaired) electrons. The van der Waals surface area contributed by atoms with Crippen LogP contribution in [0.1, 0.15) is 66.4 Å². The number of thioether (sulfide) groups is 1. The number of carboxylic acid groups (broad SMARTS) is 1. The van der Waals surface area contributed by atoms with Crippen molar-refractivity contribution in [2.24, 2.45) is 0 Å². The molecule has 1 atom stereocenters. The number of nitrogens with zero attached hydrogens (tertiary/aromatic N) is 2. The lowest BCUT2D eigenvalue weighted by Gasteiger charge is -2.30. The summed E-state index contributed by atoms with van der Waals surface area (Å²) < 4.78 is 48.6. The molecule has 7 nitrogen and oxygen atoms in total. The van der Waals surface area contributed by atoms with Gasteiger partial charge in [0.2, 0.25) is 11.5 Å². The maximum Gasteiger partial charge on any atom is 0.417 e. The smallest absolute Gasteiger partial charge is 0.417 e. The van der Waals surface area contributed by atoms with Crippen LogP contribution in [0.15, 0.2) is 53.2 Å². The van der Waals surface area contributed by atoms with E-state index in [0.29, 0.717) is 41.3 Å². The van der Waals surface area contributed by atoms with E-state index < -0.39 is 23.3 Å². The van der Waals surface area contributed by atoms with E-state index in [9.17, 15) is 27.9 Å². The Balaban J connectivity index is 0.000000501. The Morgan fingerprint density at radius 2 is 1.64 bits per heavy atom. The van der Waals surface area contributed by atoms with Crippen molar-refractivity contribution in [3.8, 4) is 17.4 Å². The number of amides is 1. The van der Waals surface area contributed by atoms with Crippen molar-refractivity contribution in [1.29, 1.82) is 0 Å². The third kappa shape index (κ3) is 12.7. The van der Waals surface area contributed by atoms with Gasteiger partial charge in [-0.2, -0.15) is 13.2 Å². The van der Waals surface area contributed by atoms with Crippen molar-refractivity contribution < 1.29 is 37.3 Å². The van der Waals surface area contributed by atoms with Gasteiger partial charge in [-0.3, -0.25) is 4.79 Å². The normalized spacial score (nSPS) is 13.2. The lowest BCUT2D eigenvalue weighted by Crippen LogP contribution is -2.41. The van der Waals surface area contributed by atoms with Crippen LogP contribution in [-0.4, -0.2) is 49.6 Å². The molecule has 0 spiro atoms. The molecule has 1 heterocycles. The fourth-order valence-electron chi connectivity index (χ4n) is 3.54. The molecule has 1 unspecified atom stereocenters. The van der Waals surface area contributed by atoms with Gasteiger partial charge >= 0.3 is 12.1 Å². The van der Waals surface area contributed by atoms with Crippen LogP contribution in [0.4, 0.5) is 18.0 Å². The second-order valence-electron chi connectivity index (χ2n) is 9.90. The molecule has 0 aliphatic heterocycles. The van der Waals surface area contributed by atoms with Crippen LogP contribution in [0.3, 0.4) is 0 Å². The number of unbranched alkanes of at least 4 members (excludes halogenated alkanes) is 1. The summed E-state index contributed by atoms with van der Waals surface area (Å²) in [4.78, 5) is 28.8. The fourth-order valence-corrected chi connectivity index (χ4v) is 4.78. The molecule has 1 amide bonds. The number of pyridine rings is 1. The van der Waals surface area contributed by atoms with Crippen LogP contribution < -0.4 is 9.47 Å². The lowest BCUT2D eigenvalue weighted by atomic mass is 9.99. The molecule has 0 fully saturated rings. The van der Waals surface area contributed by atoms with E-state index in [1.54, 1.807) is 0 Å². The van der Waals surface area contributed by atoms with Gasteiger partial charge in [-0.25, -0.2) is 9.78 Å². The number of aromatic nitrogens is 1. The number of hydrogen-bond donors (Lipinski definition) is 1. The number of hydrogen-bond acceptors (Lipinski definition) is 6. The minimum absolute atomic E-state index is 0.00925. The SMILES string of the molecule is CC(C)N(C(=O)SC/C(Cl)=C/Cl)C(C)C.CCCCC(C)(Oc1ccc(Oc2ccc(C(F)(F)F)cn2)cc1)C(=O)O. The number of carbonyl (C=O) groups is 2. The van der Waals surface area contributed by atoms with Crippen LogP contribution in [0.5, 0.6) is 17.4 Å². The Hall–Kier alpha value is -2.63. The zero-order chi connectivity index (χ0) is 32.1. The van der Waals surface area contributed by atoms with Crippen molar-refractivity contribution >= 4 is 46.2 Å². The van der Waals surface area contributed by atoms with Crippen molar-refractivity contribution in [2.45, 2.75) is 84.7 Å². The first-order valence-corrected chi connectivity index (χ1v) is 15.0. The Morgan fingerprint density at radius 3 is 2.07 bits per heavy atom. The summed E-state index contributed by atoms with van der Waals surface area (Å²) in [7, 11) is 0. The lowest BCUT2D eigenvalue weighted by molar-refractivity contribution is -0.154. The molecule has 1 aromatic heterocycles. The second kappa shape index (κ2) is 17.5. The summed E-state index contributed by atoms with van der Waals surface area (Å²) in [6.07, 6.45) is -1.84. The number of rotatable bonds is 12. The molecule has 0 bridgehead atoms. The zero-order valence-corrected chi connectivity index (χ0v) is 26.7. The Labute approximate surface area is 259 Å². The van der Waals surface area contributed by atoms with Crippen LogP contribution >= 0.6 is 35.0 Å². The first-order chi connectivity index (χ1) is 19.5. The highest BCUT2D eigenvalue weighted by molar-refractivity contribution is 8.13. The Morgan fingerprint density at radius 1 is 1.07 bits per heavy atom. The first kappa shape index (κ1) is 37.4. The van der Waals surface area contributed by atoms with E-state index in [2.05, 4.69) is 4.98 Å². The van der Waals surface area contributed by atoms with Gasteiger partial charge in [0.15, 0.2) is 0 Å². The zero-order valence-electron chi connectivity index (χ0n) is 24.4. The number of aliphatic carboxylic acids is 1. The Kier molecular flexibility index (Phi) is 15.6. The third-order valence-electron chi connectivity index (χ3n) is 5.69. The van der Waals surface area contributed by atoms with E-state index >= 15 is 0 Å².